The van der Waals surface area contributed by atoms with E-state index < -0.39 is 0 Å². The summed E-state index contributed by atoms with van der Waals surface area (Å²) in [4.78, 5) is 17.4. The molecule has 0 N–H and O–H groups in total. The van der Waals surface area contributed by atoms with Crippen molar-refractivity contribution in [3.63, 3.8) is 0 Å². The Balaban J connectivity index is 2.16. The molecule has 23 heavy (non-hydrogen) atoms. The number of hydrogen-bond acceptors (Lipinski definition) is 3. The van der Waals surface area contributed by atoms with Crippen LogP contribution in [-0.4, -0.2) is 10.5 Å². The summed E-state index contributed by atoms with van der Waals surface area (Å²) in [6, 6.07) is 7.62. The Morgan fingerprint density at radius 2 is 2.09 bits per heavy atom. The molecule has 8 heteroatoms. The van der Waals surface area contributed by atoms with Crippen LogP contribution >= 0.6 is 61.8 Å². The molecular formula is C15H11BrCl2N2OS2. The van der Waals surface area contributed by atoms with E-state index in [2.05, 4.69) is 32.4 Å². The van der Waals surface area contributed by atoms with Gasteiger partial charge in [0.05, 0.1) is 20.1 Å². The first-order chi connectivity index (χ1) is 11.0. The molecule has 3 nitrogen and oxygen atoms in total. The predicted molar refractivity (Wildman–Crippen MR) is 102 cm³/mol. The zero-order valence-electron chi connectivity index (χ0n) is 12.0. The Labute approximate surface area is 159 Å². The van der Waals surface area contributed by atoms with Crippen LogP contribution in [0.1, 0.15) is 23.7 Å². The number of benzene rings is 1. The molecule has 0 spiro atoms. The summed E-state index contributed by atoms with van der Waals surface area (Å²) in [6.07, 6.45) is 0.953. The molecule has 120 valence electrons. The number of rotatable bonds is 3. The molecule has 2 heterocycles. The van der Waals surface area contributed by atoms with Gasteiger partial charge in [-0.3, -0.25) is 4.79 Å². The Bertz CT molecular complexity index is 958. The lowest BCUT2D eigenvalue weighted by molar-refractivity contribution is 0.0998. The Morgan fingerprint density at radius 1 is 1.30 bits per heavy atom. The van der Waals surface area contributed by atoms with E-state index in [0.29, 0.717) is 19.0 Å². The number of thiazole rings is 1. The first kappa shape index (κ1) is 17.2. The summed E-state index contributed by atoms with van der Waals surface area (Å²) in [5, 5.41) is 0. The summed E-state index contributed by atoms with van der Waals surface area (Å²) in [7, 11) is 0. The van der Waals surface area contributed by atoms with Crippen molar-refractivity contribution in [2.24, 2.45) is 4.99 Å². The van der Waals surface area contributed by atoms with Crippen molar-refractivity contribution >= 4 is 77.9 Å². The van der Waals surface area contributed by atoms with E-state index in [1.165, 1.54) is 22.7 Å². The highest BCUT2D eigenvalue weighted by Crippen LogP contribution is 2.31. The fourth-order valence-corrected chi connectivity index (χ4v) is 5.26. The molecule has 0 fully saturated rings. The van der Waals surface area contributed by atoms with E-state index in [4.69, 9.17) is 23.2 Å². The van der Waals surface area contributed by atoms with Gasteiger partial charge in [-0.2, -0.15) is 4.99 Å². The Hall–Kier alpha value is -0.660. The zero-order valence-corrected chi connectivity index (χ0v) is 16.7. The van der Waals surface area contributed by atoms with Gasteiger partial charge in [-0.1, -0.05) is 57.4 Å². The lowest BCUT2D eigenvalue weighted by atomic mass is 10.3. The Kier molecular flexibility index (Phi) is 5.28. The molecular weight excluding hydrogens is 439 g/mol. The van der Waals surface area contributed by atoms with E-state index in [1.54, 1.807) is 6.07 Å². The van der Waals surface area contributed by atoms with Crippen LogP contribution in [0, 0.1) is 0 Å². The number of aryl methyl sites for hydroxylation is 1. The minimum atomic E-state index is -0.367. The largest absolute Gasteiger partial charge is 0.316 e. The molecule has 0 unspecified atom stereocenters. The van der Waals surface area contributed by atoms with Gasteiger partial charge < -0.3 is 4.57 Å². The van der Waals surface area contributed by atoms with E-state index in [0.717, 1.165) is 27.7 Å². The maximum Gasteiger partial charge on any atom is 0.282 e. The molecule has 3 aromatic rings. The lowest BCUT2D eigenvalue weighted by Crippen LogP contribution is -2.16. The quantitative estimate of drug-likeness (QED) is 0.483. The van der Waals surface area contributed by atoms with Gasteiger partial charge in [-0.25, -0.2) is 0 Å². The smallest absolute Gasteiger partial charge is 0.282 e. The molecule has 0 aliphatic rings. The predicted octanol–water partition coefficient (Wildman–Crippen LogP) is 5.98. The first-order valence-electron chi connectivity index (χ1n) is 6.82. The second kappa shape index (κ2) is 7.07. The van der Waals surface area contributed by atoms with Crippen LogP contribution in [0.15, 0.2) is 33.7 Å². The summed E-state index contributed by atoms with van der Waals surface area (Å²) >= 11 is 18.1. The van der Waals surface area contributed by atoms with E-state index >= 15 is 0 Å². The van der Waals surface area contributed by atoms with Crippen molar-refractivity contribution in [1.82, 2.24) is 4.57 Å². The van der Waals surface area contributed by atoms with Gasteiger partial charge in [0.1, 0.15) is 4.34 Å². The number of amides is 1. The number of fused-ring (bicyclic) bond motifs is 1. The van der Waals surface area contributed by atoms with Crippen molar-refractivity contribution in [2.75, 3.05) is 0 Å². The third kappa shape index (κ3) is 3.56. The fourth-order valence-electron chi connectivity index (χ4n) is 2.21. The number of hydrogen-bond donors (Lipinski definition) is 0. The molecule has 0 radical (unpaired) electrons. The number of nitrogens with zero attached hydrogens (tertiary/aromatic N) is 2. The van der Waals surface area contributed by atoms with Gasteiger partial charge in [0.2, 0.25) is 0 Å². The molecule has 0 saturated heterocycles. The SMILES string of the molecule is CCCn1c(=NC(=O)c2cc(Cl)sc2Cl)sc2cc(Br)ccc21. The van der Waals surface area contributed by atoms with Crippen molar-refractivity contribution < 1.29 is 4.79 Å². The van der Waals surface area contributed by atoms with Gasteiger partial charge >= 0.3 is 0 Å². The fraction of sp³-hybridized carbons (Fsp3) is 0.200. The normalized spacial score (nSPS) is 12.3. The summed E-state index contributed by atoms with van der Waals surface area (Å²) < 4.78 is 4.99. The number of carbonyl (C=O) groups excluding carboxylic acids is 1. The molecule has 0 aliphatic carbocycles. The monoisotopic (exact) mass is 448 g/mol. The van der Waals surface area contributed by atoms with Crippen molar-refractivity contribution in [1.29, 1.82) is 0 Å². The molecule has 2 aromatic heterocycles. The van der Waals surface area contributed by atoms with Gasteiger partial charge in [-0.15, -0.1) is 11.3 Å². The third-order valence-corrected chi connectivity index (χ3v) is 6.20. The van der Waals surface area contributed by atoms with E-state index in [-0.39, 0.29) is 5.91 Å². The molecule has 1 aromatic carbocycles. The van der Waals surface area contributed by atoms with Gasteiger partial charge in [0, 0.05) is 11.0 Å². The van der Waals surface area contributed by atoms with E-state index in [1.807, 2.05) is 18.2 Å². The lowest BCUT2D eigenvalue weighted by Gasteiger charge is -2.02. The molecule has 0 saturated carbocycles. The van der Waals surface area contributed by atoms with Crippen molar-refractivity contribution in [3.05, 3.63) is 47.8 Å². The van der Waals surface area contributed by atoms with Crippen molar-refractivity contribution in [2.45, 2.75) is 19.9 Å². The van der Waals surface area contributed by atoms with Crippen LogP contribution in [-0.2, 0) is 6.54 Å². The second-order valence-electron chi connectivity index (χ2n) is 4.80. The van der Waals surface area contributed by atoms with Crippen LogP contribution in [0.4, 0.5) is 0 Å². The first-order valence-corrected chi connectivity index (χ1v) is 10.0. The highest BCUT2D eigenvalue weighted by Gasteiger charge is 2.15. The molecule has 0 atom stereocenters. The average molecular weight is 450 g/mol. The topological polar surface area (TPSA) is 34.4 Å². The molecule has 3 rings (SSSR count). The third-order valence-electron chi connectivity index (χ3n) is 3.18. The van der Waals surface area contributed by atoms with Crippen LogP contribution in [0.3, 0.4) is 0 Å². The summed E-state index contributed by atoms with van der Waals surface area (Å²) in [5.74, 6) is -0.367. The Morgan fingerprint density at radius 3 is 2.74 bits per heavy atom. The average Bonchev–Trinajstić information content (AvgIpc) is 2.99. The summed E-state index contributed by atoms with van der Waals surface area (Å²) in [6.45, 7) is 2.89. The maximum absolute atomic E-state index is 12.4. The standard InChI is InChI=1S/C15H11BrCl2N2OS2/c1-2-5-20-10-4-3-8(16)6-11(10)22-15(20)19-14(21)9-7-12(17)23-13(9)18/h3-4,6-7H,2,5H2,1H3. The van der Waals surface area contributed by atoms with Crippen LogP contribution in [0.2, 0.25) is 8.67 Å². The summed E-state index contributed by atoms with van der Waals surface area (Å²) in [5.41, 5.74) is 1.42. The highest BCUT2D eigenvalue weighted by atomic mass is 79.9. The molecule has 0 aliphatic heterocycles. The highest BCUT2D eigenvalue weighted by molar-refractivity contribution is 9.10. The molecule has 0 bridgehead atoms. The zero-order chi connectivity index (χ0) is 16.6. The number of halogens is 3. The maximum atomic E-state index is 12.4. The number of thiophene rings is 1. The van der Waals surface area contributed by atoms with Crippen LogP contribution in [0.25, 0.3) is 10.2 Å². The van der Waals surface area contributed by atoms with Crippen LogP contribution in [0.5, 0.6) is 0 Å². The van der Waals surface area contributed by atoms with E-state index in [9.17, 15) is 4.79 Å². The number of aromatic nitrogens is 1. The van der Waals surface area contributed by atoms with Crippen LogP contribution < -0.4 is 4.80 Å². The minimum Gasteiger partial charge on any atom is -0.316 e. The van der Waals surface area contributed by atoms with Crippen molar-refractivity contribution in [3.8, 4) is 0 Å². The molecule has 1 amide bonds. The van der Waals surface area contributed by atoms with Gasteiger partial charge in [0.15, 0.2) is 4.80 Å². The van der Waals surface area contributed by atoms with Gasteiger partial charge in [-0.05, 0) is 30.7 Å². The minimum absolute atomic E-state index is 0.350. The van der Waals surface area contributed by atoms with Gasteiger partial charge in [0.25, 0.3) is 5.91 Å². The second-order valence-corrected chi connectivity index (χ2v) is 9.01. The number of carbonyl (C=O) groups is 1.